The van der Waals surface area contributed by atoms with E-state index in [9.17, 15) is 4.79 Å². The van der Waals surface area contributed by atoms with Crippen LogP contribution in [0, 0.1) is 5.92 Å². The summed E-state index contributed by atoms with van der Waals surface area (Å²) in [6.45, 7) is 2.62. The fourth-order valence-electron chi connectivity index (χ4n) is 2.55. The number of benzene rings is 1. The van der Waals surface area contributed by atoms with Crippen molar-refractivity contribution >= 4 is 11.6 Å². The normalized spacial score (nSPS) is 22.2. The zero-order chi connectivity index (χ0) is 13.7. The Morgan fingerprint density at radius 2 is 2.05 bits per heavy atom. The van der Waals surface area contributed by atoms with Crippen LogP contribution < -0.4 is 15.4 Å². The summed E-state index contributed by atoms with van der Waals surface area (Å²) in [7, 11) is 1.63. The number of hydrogen-bond donors (Lipinski definition) is 2. The van der Waals surface area contributed by atoms with Crippen molar-refractivity contribution in [3.8, 4) is 5.75 Å². The summed E-state index contributed by atoms with van der Waals surface area (Å²) in [5, 5.41) is 6.21. The van der Waals surface area contributed by atoms with Gasteiger partial charge in [-0.2, -0.15) is 0 Å². The Labute approximate surface area is 114 Å². The number of ether oxygens (including phenoxy) is 1. The lowest BCUT2D eigenvalue weighted by atomic mass is 10.1. The Bertz CT molecular complexity index is 417. The van der Waals surface area contributed by atoms with Gasteiger partial charge in [0.2, 0.25) is 5.91 Å². The summed E-state index contributed by atoms with van der Waals surface area (Å²) < 4.78 is 5.08. The van der Waals surface area contributed by atoms with Gasteiger partial charge < -0.3 is 15.4 Å². The van der Waals surface area contributed by atoms with Crippen LogP contribution in [0.5, 0.6) is 5.75 Å². The van der Waals surface area contributed by atoms with E-state index < -0.39 is 0 Å². The van der Waals surface area contributed by atoms with Crippen LogP contribution in [0.25, 0.3) is 0 Å². The van der Waals surface area contributed by atoms with Crippen molar-refractivity contribution in [1.82, 2.24) is 5.32 Å². The summed E-state index contributed by atoms with van der Waals surface area (Å²) in [6, 6.07) is 7.84. The minimum atomic E-state index is 0.00395. The highest BCUT2D eigenvalue weighted by Crippen LogP contribution is 2.24. The fourth-order valence-corrected chi connectivity index (χ4v) is 2.55. The van der Waals surface area contributed by atoms with Crippen LogP contribution in [0.1, 0.15) is 26.2 Å². The SMILES string of the molecule is COc1ccc(NC(=O)CNC2CCCC2C)cc1. The molecule has 0 heterocycles. The maximum absolute atomic E-state index is 11.8. The Morgan fingerprint density at radius 1 is 1.32 bits per heavy atom. The van der Waals surface area contributed by atoms with Crippen molar-refractivity contribution in [2.75, 3.05) is 19.0 Å². The average molecular weight is 262 g/mol. The van der Waals surface area contributed by atoms with E-state index in [1.807, 2.05) is 24.3 Å². The highest BCUT2D eigenvalue weighted by atomic mass is 16.5. The summed E-state index contributed by atoms with van der Waals surface area (Å²) in [5.74, 6) is 1.47. The van der Waals surface area contributed by atoms with Gasteiger partial charge in [0.15, 0.2) is 0 Å². The molecule has 1 amide bonds. The van der Waals surface area contributed by atoms with E-state index in [2.05, 4.69) is 17.6 Å². The average Bonchev–Trinajstić information content (AvgIpc) is 2.83. The number of carbonyl (C=O) groups is 1. The number of rotatable bonds is 5. The summed E-state index contributed by atoms with van der Waals surface area (Å²) in [4.78, 5) is 11.8. The summed E-state index contributed by atoms with van der Waals surface area (Å²) in [5.41, 5.74) is 0.798. The fraction of sp³-hybridized carbons (Fsp3) is 0.533. The molecule has 1 aliphatic carbocycles. The third kappa shape index (κ3) is 3.96. The number of nitrogens with one attached hydrogen (secondary N) is 2. The lowest BCUT2D eigenvalue weighted by Crippen LogP contribution is -2.37. The standard InChI is InChI=1S/C15H22N2O2/c1-11-4-3-5-14(11)16-10-15(18)17-12-6-8-13(19-2)9-7-12/h6-9,11,14,16H,3-5,10H2,1-2H3,(H,17,18). The molecule has 2 N–H and O–H groups in total. The molecule has 0 aromatic heterocycles. The summed E-state index contributed by atoms with van der Waals surface area (Å²) in [6.07, 6.45) is 3.70. The molecule has 104 valence electrons. The first-order valence-electron chi connectivity index (χ1n) is 6.86. The molecule has 2 rings (SSSR count). The number of methoxy groups -OCH3 is 1. The van der Waals surface area contributed by atoms with Gasteiger partial charge in [0.1, 0.15) is 5.75 Å². The molecule has 0 bridgehead atoms. The van der Waals surface area contributed by atoms with Crippen LogP contribution in [0.2, 0.25) is 0 Å². The van der Waals surface area contributed by atoms with E-state index in [1.54, 1.807) is 7.11 Å². The molecule has 0 spiro atoms. The Kier molecular flexibility index (Phi) is 4.80. The second-order valence-electron chi connectivity index (χ2n) is 5.17. The molecule has 4 nitrogen and oxygen atoms in total. The van der Waals surface area contributed by atoms with Crippen LogP contribution in [0.15, 0.2) is 24.3 Å². The Morgan fingerprint density at radius 3 is 2.63 bits per heavy atom. The summed E-state index contributed by atoms with van der Waals surface area (Å²) >= 11 is 0. The van der Waals surface area contributed by atoms with Gasteiger partial charge in [-0.1, -0.05) is 13.3 Å². The second kappa shape index (κ2) is 6.57. The highest BCUT2D eigenvalue weighted by Gasteiger charge is 2.23. The van der Waals surface area contributed by atoms with Crippen molar-refractivity contribution in [3.63, 3.8) is 0 Å². The molecule has 2 unspecified atom stereocenters. The lowest BCUT2D eigenvalue weighted by molar-refractivity contribution is -0.115. The Hall–Kier alpha value is -1.55. The molecule has 1 aliphatic rings. The quantitative estimate of drug-likeness (QED) is 0.856. The highest BCUT2D eigenvalue weighted by molar-refractivity contribution is 5.92. The van der Waals surface area contributed by atoms with Crippen LogP contribution in [-0.2, 0) is 4.79 Å². The third-order valence-electron chi connectivity index (χ3n) is 3.76. The topological polar surface area (TPSA) is 50.4 Å². The molecule has 0 saturated heterocycles. The van der Waals surface area contributed by atoms with E-state index in [1.165, 1.54) is 19.3 Å². The van der Waals surface area contributed by atoms with Crippen LogP contribution in [-0.4, -0.2) is 25.6 Å². The van der Waals surface area contributed by atoms with Gasteiger partial charge in [-0.25, -0.2) is 0 Å². The number of anilines is 1. The van der Waals surface area contributed by atoms with Crippen LogP contribution in [0.3, 0.4) is 0 Å². The van der Waals surface area contributed by atoms with Crippen molar-refractivity contribution in [3.05, 3.63) is 24.3 Å². The molecule has 4 heteroatoms. The van der Waals surface area contributed by atoms with E-state index in [4.69, 9.17) is 4.74 Å². The maximum atomic E-state index is 11.8. The van der Waals surface area contributed by atoms with Gasteiger partial charge in [-0.3, -0.25) is 4.79 Å². The Balaban J connectivity index is 1.77. The molecular weight excluding hydrogens is 240 g/mol. The number of hydrogen-bond acceptors (Lipinski definition) is 3. The van der Waals surface area contributed by atoms with Gasteiger partial charge in [-0.05, 0) is 43.0 Å². The molecular formula is C15H22N2O2. The van der Waals surface area contributed by atoms with Crippen molar-refractivity contribution in [2.24, 2.45) is 5.92 Å². The van der Waals surface area contributed by atoms with Crippen molar-refractivity contribution in [1.29, 1.82) is 0 Å². The zero-order valence-electron chi connectivity index (χ0n) is 11.6. The first kappa shape index (κ1) is 13.9. The van der Waals surface area contributed by atoms with E-state index in [-0.39, 0.29) is 5.91 Å². The van der Waals surface area contributed by atoms with Gasteiger partial charge in [0.25, 0.3) is 0 Å². The molecule has 0 radical (unpaired) electrons. The molecule has 2 atom stereocenters. The first-order valence-corrected chi connectivity index (χ1v) is 6.86. The van der Waals surface area contributed by atoms with E-state index >= 15 is 0 Å². The third-order valence-corrected chi connectivity index (χ3v) is 3.76. The molecule has 1 aromatic rings. The monoisotopic (exact) mass is 262 g/mol. The number of carbonyl (C=O) groups excluding carboxylic acids is 1. The van der Waals surface area contributed by atoms with Gasteiger partial charge in [0, 0.05) is 11.7 Å². The minimum absolute atomic E-state index is 0.00395. The van der Waals surface area contributed by atoms with Crippen LogP contribution >= 0.6 is 0 Å². The molecule has 1 fully saturated rings. The lowest BCUT2D eigenvalue weighted by Gasteiger charge is -2.16. The second-order valence-corrected chi connectivity index (χ2v) is 5.17. The van der Waals surface area contributed by atoms with E-state index in [0.29, 0.717) is 18.5 Å². The molecule has 19 heavy (non-hydrogen) atoms. The van der Waals surface area contributed by atoms with Gasteiger partial charge >= 0.3 is 0 Å². The van der Waals surface area contributed by atoms with Crippen molar-refractivity contribution < 1.29 is 9.53 Å². The van der Waals surface area contributed by atoms with E-state index in [0.717, 1.165) is 11.4 Å². The zero-order valence-corrected chi connectivity index (χ0v) is 11.6. The van der Waals surface area contributed by atoms with Gasteiger partial charge in [-0.15, -0.1) is 0 Å². The molecule has 1 saturated carbocycles. The minimum Gasteiger partial charge on any atom is -0.497 e. The molecule has 0 aliphatic heterocycles. The van der Waals surface area contributed by atoms with Gasteiger partial charge in [0.05, 0.1) is 13.7 Å². The smallest absolute Gasteiger partial charge is 0.238 e. The largest absolute Gasteiger partial charge is 0.497 e. The first-order chi connectivity index (χ1) is 9.19. The van der Waals surface area contributed by atoms with Crippen LogP contribution in [0.4, 0.5) is 5.69 Å². The predicted octanol–water partition coefficient (Wildman–Crippen LogP) is 2.41. The molecule has 1 aromatic carbocycles. The van der Waals surface area contributed by atoms with Crippen molar-refractivity contribution in [2.45, 2.75) is 32.2 Å². The predicted molar refractivity (Wildman–Crippen MR) is 76.4 cm³/mol. The number of amides is 1. The maximum Gasteiger partial charge on any atom is 0.238 e.